The predicted octanol–water partition coefficient (Wildman–Crippen LogP) is 4.21. The summed E-state index contributed by atoms with van der Waals surface area (Å²) in [6, 6.07) is 10.8. The largest absolute Gasteiger partial charge is 0.497 e. The van der Waals surface area contributed by atoms with Gasteiger partial charge in [-0.1, -0.05) is 34.1 Å². The van der Waals surface area contributed by atoms with Crippen LogP contribution in [-0.2, 0) is 0 Å². The summed E-state index contributed by atoms with van der Waals surface area (Å²) in [7, 11) is 3.35. The smallest absolute Gasteiger partial charge is 0.132 e. The summed E-state index contributed by atoms with van der Waals surface area (Å²) < 4.78 is 20.2. The number of ether oxygens (including phenoxy) is 1. The number of benzene rings is 2. The highest BCUT2D eigenvalue weighted by atomic mass is 79.9. The van der Waals surface area contributed by atoms with Crippen molar-refractivity contribution < 1.29 is 9.13 Å². The molecular weight excluding hydrogens is 321 g/mol. The van der Waals surface area contributed by atoms with Gasteiger partial charge in [0.1, 0.15) is 11.6 Å². The number of nitrogens with one attached hydrogen (secondary N) is 1. The molecule has 2 aromatic rings. The predicted molar refractivity (Wildman–Crippen MR) is 82.7 cm³/mol. The molecule has 0 aliphatic rings. The van der Waals surface area contributed by atoms with Crippen molar-refractivity contribution in [1.29, 1.82) is 0 Å². The van der Waals surface area contributed by atoms with Gasteiger partial charge >= 0.3 is 0 Å². The van der Waals surface area contributed by atoms with Crippen LogP contribution in [0.25, 0.3) is 0 Å². The molecule has 0 heterocycles. The Morgan fingerprint density at radius 2 is 1.85 bits per heavy atom. The van der Waals surface area contributed by atoms with Gasteiger partial charge in [-0.25, -0.2) is 4.39 Å². The van der Waals surface area contributed by atoms with Gasteiger partial charge in [0.05, 0.1) is 13.2 Å². The highest BCUT2D eigenvalue weighted by Crippen LogP contribution is 2.31. The molecule has 4 heteroatoms. The Labute approximate surface area is 127 Å². The lowest BCUT2D eigenvalue weighted by atomic mass is 9.97. The molecule has 0 saturated carbocycles. The van der Waals surface area contributed by atoms with Crippen LogP contribution in [0.5, 0.6) is 5.75 Å². The lowest BCUT2D eigenvalue weighted by Gasteiger charge is -2.20. The van der Waals surface area contributed by atoms with Crippen LogP contribution in [0, 0.1) is 12.7 Å². The Bertz CT molecular complexity index is 615. The van der Waals surface area contributed by atoms with Crippen molar-refractivity contribution in [1.82, 2.24) is 5.32 Å². The first-order valence-electron chi connectivity index (χ1n) is 6.33. The number of hydrogen-bond acceptors (Lipinski definition) is 2. The van der Waals surface area contributed by atoms with Crippen LogP contribution in [0.2, 0.25) is 0 Å². The molecule has 0 aliphatic carbocycles. The summed E-state index contributed by atoms with van der Waals surface area (Å²) in [5, 5.41) is 3.16. The van der Waals surface area contributed by atoms with Gasteiger partial charge in [-0.05, 0) is 37.2 Å². The zero-order valence-corrected chi connectivity index (χ0v) is 13.3. The van der Waals surface area contributed by atoms with Crippen molar-refractivity contribution in [3.05, 3.63) is 63.4 Å². The van der Waals surface area contributed by atoms with Gasteiger partial charge in [0.2, 0.25) is 0 Å². The van der Waals surface area contributed by atoms with Crippen LogP contribution < -0.4 is 10.1 Å². The Morgan fingerprint density at radius 1 is 1.15 bits per heavy atom. The number of hydrogen-bond donors (Lipinski definition) is 1. The van der Waals surface area contributed by atoms with Gasteiger partial charge in [0, 0.05) is 16.1 Å². The highest BCUT2D eigenvalue weighted by Gasteiger charge is 2.19. The second-order valence-electron chi connectivity index (χ2n) is 4.63. The molecule has 0 aromatic heterocycles. The summed E-state index contributed by atoms with van der Waals surface area (Å²) in [6.45, 7) is 2.02. The van der Waals surface area contributed by atoms with E-state index in [0.717, 1.165) is 15.6 Å². The fourth-order valence-electron chi connectivity index (χ4n) is 2.21. The van der Waals surface area contributed by atoms with Gasteiger partial charge in [-0.3, -0.25) is 0 Å². The maximum atomic E-state index is 14.2. The summed E-state index contributed by atoms with van der Waals surface area (Å²) in [5.74, 6) is 0.236. The van der Waals surface area contributed by atoms with Gasteiger partial charge in [-0.15, -0.1) is 0 Å². The van der Waals surface area contributed by atoms with E-state index >= 15 is 0 Å². The van der Waals surface area contributed by atoms with E-state index in [4.69, 9.17) is 4.74 Å². The topological polar surface area (TPSA) is 21.3 Å². The van der Waals surface area contributed by atoms with E-state index in [1.807, 2.05) is 32.2 Å². The molecule has 2 rings (SSSR count). The molecule has 0 radical (unpaired) electrons. The minimum absolute atomic E-state index is 0.212. The standard InChI is InChI=1S/C16H17BrFNO/c1-10-4-6-12(14(17)8-10)16(19-2)13-7-5-11(20-3)9-15(13)18/h4-9,16,19H,1-3H3. The Hall–Kier alpha value is -1.39. The van der Waals surface area contributed by atoms with Crippen LogP contribution in [-0.4, -0.2) is 14.2 Å². The lowest BCUT2D eigenvalue weighted by molar-refractivity contribution is 0.410. The molecule has 1 atom stereocenters. The minimum atomic E-state index is -0.281. The summed E-state index contributed by atoms with van der Waals surface area (Å²) in [4.78, 5) is 0. The van der Waals surface area contributed by atoms with E-state index in [2.05, 4.69) is 21.2 Å². The molecule has 106 valence electrons. The average Bonchev–Trinajstić information content (AvgIpc) is 2.43. The molecule has 2 nitrogen and oxygen atoms in total. The molecule has 2 aromatic carbocycles. The SMILES string of the molecule is CNC(c1ccc(OC)cc1F)c1ccc(C)cc1Br. The average molecular weight is 338 g/mol. The van der Waals surface area contributed by atoms with E-state index in [-0.39, 0.29) is 11.9 Å². The Morgan fingerprint density at radius 3 is 2.40 bits per heavy atom. The maximum absolute atomic E-state index is 14.2. The number of methoxy groups -OCH3 is 1. The van der Waals surface area contributed by atoms with E-state index in [1.165, 1.54) is 13.2 Å². The highest BCUT2D eigenvalue weighted by molar-refractivity contribution is 9.10. The van der Waals surface area contributed by atoms with Crippen LogP contribution >= 0.6 is 15.9 Å². The van der Waals surface area contributed by atoms with Crippen molar-refractivity contribution in [2.45, 2.75) is 13.0 Å². The number of rotatable bonds is 4. The summed E-state index contributed by atoms with van der Waals surface area (Å²) in [6.07, 6.45) is 0. The van der Waals surface area contributed by atoms with Crippen LogP contribution in [0.3, 0.4) is 0 Å². The molecule has 1 unspecified atom stereocenters. The third-order valence-corrected chi connectivity index (χ3v) is 3.96. The van der Waals surface area contributed by atoms with Crippen molar-refractivity contribution in [3.8, 4) is 5.75 Å². The van der Waals surface area contributed by atoms with Crippen LogP contribution in [0.1, 0.15) is 22.7 Å². The van der Waals surface area contributed by atoms with Crippen molar-refractivity contribution in [2.75, 3.05) is 14.2 Å². The zero-order valence-electron chi connectivity index (χ0n) is 11.7. The maximum Gasteiger partial charge on any atom is 0.132 e. The molecule has 0 aliphatic heterocycles. The Balaban J connectivity index is 2.47. The normalized spacial score (nSPS) is 12.2. The van der Waals surface area contributed by atoms with Crippen molar-refractivity contribution in [3.63, 3.8) is 0 Å². The summed E-state index contributed by atoms with van der Waals surface area (Å²) >= 11 is 3.55. The number of halogens is 2. The molecule has 0 bridgehead atoms. The molecule has 20 heavy (non-hydrogen) atoms. The minimum Gasteiger partial charge on any atom is -0.497 e. The van der Waals surface area contributed by atoms with Gasteiger partial charge in [0.25, 0.3) is 0 Å². The van der Waals surface area contributed by atoms with Gasteiger partial charge in [-0.2, -0.15) is 0 Å². The van der Waals surface area contributed by atoms with Crippen molar-refractivity contribution in [2.24, 2.45) is 0 Å². The molecule has 0 saturated heterocycles. The second kappa shape index (κ2) is 6.37. The van der Waals surface area contributed by atoms with E-state index in [1.54, 1.807) is 12.1 Å². The van der Waals surface area contributed by atoms with Crippen LogP contribution in [0.15, 0.2) is 40.9 Å². The zero-order chi connectivity index (χ0) is 14.7. The Kier molecular flexibility index (Phi) is 4.78. The third kappa shape index (κ3) is 3.02. The number of aryl methyl sites for hydroxylation is 1. The molecule has 1 N–H and O–H groups in total. The molecule has 0 amide bonds. The summed E-state index contributed by atoms with van der Waals surface area (Å²) in [5.41, 5.74) is 2.76. The van der Waals surface area contributed by atoms with Crippen molar-refractivity contribution >= 4 is 15.9 Å². The van der Waals surface area contributed by atoms with Gasteiger partial charge in [0.15, 0.2) is 0 Å². The fraction of sp³-hybridized carbons (Fsp3) is 0.250. The molecule has 0 fully saturated rings. The first-order chi connectivity index (χ1) is 9.56. The second-order valence-corrected chi connectivity index (χ2v) is 5.49. The molecular formula is C16H17BrFNO. The fourth-order valence-corrected chi connectivity index (χ4v) is 2.94. The van der Waals surface area contributed by atoms with Gasteiger partial charge < -0.3 is 10.1 Å². The lowest BCUT2D eigenvalue weighted by Crippen LogP contribution is -2.19. The van der Waals surface area contributed by atoms with E-state index in [0.29, 0.717) is 11.3 Å². The monoisotopic (exact) mass is 337 g/mol. The first kappa shape index (κ1) is 15.0. The van der Waals surface area contributed by atoms with E-state index in [9.17, 15) is 4.39 Å². The molecule has 0 spiro atoms. The third-order valence-electron chi connectivity index (χ3n) is 3.27. The van der Waals surface area contributed by atoms with E-state index < -0.39 is 0 Å². The van der Waals surface area contributed by atoms with Crippen LogP contribution in [0.4, 0.5) is 4.39 Å². The first-order valence-corrected chi connectivity index (χ1v) is 7.13. The quantitative estimate of drug-likeness (QED) is 0.902.